The molecule has 4 heteroatoms. The zero-order valence-electron chi connectivity index (χ0n) is 9.40. The number of carbonyl (C=O) groups excluding carboxylic acids is 2. The van der Waals surface area contributed by atoms with Crippen LogP contribution in [0.5, 0.6) is 5.75 Å². The largest absolute Gasteiger partial charge is 0.484 e. The van der Waals surface area contributed by atoms with Crippen molar-refractivity contribution in [2.75, 3.05) is 6.61 Å². The van der Waals surface area contributed by atoms with Crippen LogP contribution < -0.4 is 10.1 Å². The average Bonchev–Trinajstić information content (AvgIpc) is 2.28. The first-order valence-electron chi connectivity index (χ1n) is 5.06. The Morgan fingerprint density at radius 2 is 2.19 bits per heavy atom. The van der Waals surface area contributed by atoms with E-state index in [4.69, 9.17) is 4.74 Å². The molecule has 0 fully saturated rings. The van der Waals surface area contributed by atoms with E-state index in [0.717, 1.165) is 5.56 Å². The van der Waals surface area contributed by atoms with Crippen LogP contribution in [0.1, 0.15) is 12.5 Å². The van der Waals surface area contributed by atoms with Gasteiger partial charge in [-0.3, -0.25) is 4.79 Å². The molecule has 86 valence electrons. The molecule has 0 saturated heterocycles. The van der Waals surface area contributed by atoms with Crippen LogP contribution in [-0.2, 0) is 9.59 Å². The predicted octanol–water partition coefficient (Wildman–Crippen LogP) is 1.08. The third-order valence-electron chi connectivity index (χ3n) is 2.05. The Morgan fingerprint density at radius 1 is 1.50 bits per heavy atom. The number of ether oxygens (including phenoxy) is 1. The Bertz CT molecular complexity index is 376. The minimum atomic E-state index is -0.479. The second-order valence-corrected chi connectivity index (χ2v) is 3.55. The molecule has 1 aromatic rings. The van der Waals surface area contributed by atoms with Crippen molar-refractivity contribution < 1.29 is 14.3 Å². The number of hydrogen-bond acceptors (Lipinski definition) is 3. The zero-order valence-corrected chi connectivity index (χ0v) is 9.40. The number of aldehydes is 1. The van der Waals surface area contributed by atoms with Crippen LogP contribution in [0.4, 0.5) is 0 Å². The Labute approximate surface area is 94.6 Å². The van der Waals surface area contributed by atoms with E-state index >= 15 is 0 Å². The van der Waals surface area contributed by atoms with Crippen molar-refractivity contribution in [1.29, 1.82) is 0 Å². The Hall–Kier alpha value is -1.84. The van der Waals surface area contributed by atoms with Crippen LogP contribution in [0.3, 0.4) is 0 Å². The predicted molar refractivity (Wildman–Crippen MR) is 60.3 cm³/mol. The summed E-state index contributed by atoms with van der Waals surface area (Å²) in [5.74, 6) is 0.374. The number of rotatable bonds is 5. The van der Waals surface area contributed by atoms with Gasteiger partial charge in [0.15, 0.2) is 6.61 Å². The van der Waals surface area contributed by atoms with Crippen LogP contribution in [0, 0.1) is 6.92 Å². The van der Waals surface area contributed by atoms with Crippen molar-refractivity contribution >= 4 is 12.2 Å². The van der Waals surface area contributed by atoms with E-state index in [1.165, 1.54) is 0 Å². The van der Waals surface area contributed by atoms with Gasteiger partial charge in [-0.1, -0.05) is 18.2 Å². The smallest absolute Gasteiger partial charge is 0.258 e. The van der Waals surface area contributed by atoms with Crippen LogP contribution in [-0.4, -0.2) is 24.8 Å². The van der Waals surface area contributed by atoms with Crippen molar-refractivity contribution in [2.24, 2.45) is 0 Å². The molecule has 4 nitrogen and oxygen atoms in total. The summed E-state index contributed by atoms with van der Waals surface area (Å²) in [5.41, 5.74) is 0.971. The maximum absolute atomic E-state index is 11.3. The lowest BCUT2D eigenvalue weighted by Gasteiger charge is -2.10. The average molecular weight is 221 g/mol. The first-order chi connectivity index (χ1) is 7.63. The lowest BCUT2D eigenvalue weighted by Crippen LogP contribution is -2.36. The minimum absolute atomic E-state index is 0.0803. The van der Waals surface area contributed by atoms with Gasteiger partial charge in [-0.15, -0.1) is 0 Å². The molecular formula is C12H15NO3. The van der Waals surface area contributed by atoms with Crippen LogP contribution >= 0.6 is 0 Å². The number of carbonyl (C=O) groups is 2. The molecule has 1 aromatic carbocycles. The fourth-order valence-corrected chi connectivity index (χ4v) is 1.19. The van der Waals surface area contributed by atoms with E-state index in [-0.39, 0.29) is 12.5 Å². The van der Waals surface area contributed by atoms with Crippen molar-refractivity contribution in [1.82, 2.24) is 5.32 Å². The van der Waals surface area contributed by atoms with E-state index in [9.17, 15) is 9.59 Å². The maximum atomic E-state index is 11.3. The summed E-state index contributed by atoms with van der Waals surface area (Å²) >= 11 is 0. The summed E-state index contributed by atoms with van der Waals surface area (Å²) in [6.07, 6.45) is 0.672. The number of nitrogens with one attached hydrogen (secondary N) is 1. The molecule has 0 saturated carbocycles. The van der Waals surface area contributed by atoms with E-state index < -0.39 is 6.04 Å². The molecular weight excluding hydrogens is 206 g/mol. The van der Waals surface area contributed by atoms with Gasteiger partial charge in [-0.25, -0.2) is 0 Å². The minimum Gasteiger partial charge on any atom is -0.484 e. The fourth-order valence-electron chi connectivity index (χ4n) is 1.19. The Balaban J connectivity index is 2.43. The topological polar surface area (TPSA) is 55.4 Å². The molecule has 16 heavy (non-hydrogen) atoms. The molecule has 0 aliphatic heterocycles. The molecule has 0 aromatic heterocycles. The Morgan fingerprint density at radius 3 is 2.81 bits per heavy atom. The van der Waals surface area contributed by atoms with Gasteiger partial charge in [0, 0.05) is 0 Å². The third kappa shape index (κ3) is 3.73. The Kier molecular flexibility index (Phi) is 4.51. The van der Waals surface area contributed by atoms with Gasteiger partial charge in [0.1, 0.15) is 12.0 Å². The second-order valence-electron chi connectivity index (χ2n) is 3.55. The number of para-hydroxylation sites is 1. The number of hydrogen-bond donors (Lipinski definition) is 1. The zero-order chi connectivity index (χ0) is 12.0. The van der Waals surface area contributed by atoms with Crippen LogP contribution in [0.25, 0.3) is 0 Å². The quantitative estimate of drug-likeness (QED) is 0.757. The molecule has 0 aliphatic rings. The standard InChI is InChI=1S/C12H15NO3/c1-9-5-3-4-6-11(9)16-8-12(15)13-10(2)7-14/h3-7,10H,8H2,1-2H3,(H,13,15)/t10-/m0/s1. The maximum Gasteiger partial charge on any atom is 0.258 e. The van der Waals surface area contributed by atoms with Crippen LogP contribution in [0.15, 0.2) is 24.3 Å². The molecule has 0 heterocycles. The van der Waals surface area contributed by atoms with Gasteiger partial charge in [0.25, 0.3) is 5.91 Å². The third-order valence-corrected chi connectivity index (χ3v) is 2.05. The van der Waals surface area contributed by atoms with Crippen molar-refractivity contribution in [3.8, 4) is 5.75 Å². The summed E-state index contributed by atoms with van der Waals surface area (Å²) in [5, 5.41) is 2.49. The van der Waals surface area contributed by atoms with Crippen molar-refractivity contribution in [2.45, 2.75) is 19.9 Å². The van der Waals surface area contributed by atoms with E-state index in [2.05, 4.69) is 5.32 Å². The molecule has 0 unspecified atom stereocenters. The summed E-state index contributed by atoms with van der Waals surface area (Å²) < 4.78 is 5.32. The molecule has 1 amide bonds. The highest BCUT2D eigenvalue weighted by Crippen LogP contribution is 2.15. The summed E-state index contributed by atoms with van der Waals surface area (Å²) in [6, 6.07) is 6.96. The number of benzene rings is 1. The van der Waals surface area contributed by atoms with E-state index in [1.54, 1.807) is 13.0 Å². The first kappa shape index (κ1) is 12.2. The molecule has 0 spiro atoms. The van der Waals surface area contributed by atoms with Gasteiger partial charge < -0.3 is 14.8 Å². The molecule has 0 aliphatic carbocycles. The molecule has 1 atom stereocenters. The summed E-state index contributed by atoms with van der Waals surface area (Å²) in [4.78, 5) is 21.6. The highest BCUT2D eigenvalue weighted by molar-refractivity contribution is 5.80. The van der Waals surface area contributed by atoms with Gasteiger partial charge in [-0.2, -0.15) is 0 Å². The van der Waals surface area contributed by atoms with Gasteiger partial charge >= 0.3 is 0 Å². The lowest BCUT2D eigenvalue weighted by molar-refractivity contribution is -0.125. The van der Waals surface area contributed by atoms with E-state index in [0.29, 0.717) is 12.0 Å². The normalized spacial score (nSPS) is 11.6. The summed E-state index contributed by atoms with van der Waals surface area (Å²) in [6.45, 7) is 3.43. The first-order valence-corrected chi connectivity index (χ1v) is 5.06. The monoisotopic (exact) mass is 221 g/mol. The van der Waals surface area contributed by atoms with Gasteiger partial charge in [0.2, 0.25) is 0 Å². The molecule has 0 radical (unpaired) electrons. The fraction of sp³-hybridized carbons (Fsp3) is 0.333. The number of amides is 1. The van der Waals surface area contributed by atoms with Crippen molar-refractivity contribution in [3.05, 3.63) is 29.8 Å². The highest BCUT2D eigenvalue weighted by Gasteiger charge is 2.07. The second kappa shape index (κ2) is 5.90. The van der Waals surface area contributed by atoms with Gasteiger partial charge in [-0.05, 0) is 25.5 Å². The van der Waals surface area contributed by atoms with E-state index in [1.807, 2.05) is 25.1 Å². The highest BCUT2D eigenvalue weighted by atomic mass is 16.5. The molecule has 1 rings (SSSR count). The number of aryl methyl sites for hydroxylation is 1. The summed E-state index contributed by atoms with van der Waals surface area (Å²) in [7, 11) is 0. The van der Waals surface area contributed by atoms with Crippen LogP contribution in [0.2, 0.25) is 0 Å². The van der Waals surface area contributed by atoms with Gasteiger partial charge in [0.05, 0.1) is 6.04 Å². The molecule has 1 N–H and O–H groups in total. The SMILES string of the molecule is Cc1ccccc1OCC(=O)N[C@@H](C)C=O. The molecule has 0 bridgehead atoms. The lowest BCUT2D eigenvalue weighted by atomic mass is 10.2. The van der Waals surface area contributed by atoms with Crippen molar-refractivity contribution in [3.63, 3.8) is 0 Å².